The lowest BCUT2D eigenvalue weighted by atomic mass is 10.2. The molecule has 0 atom stereocenters. The van der Waals surface area contributed by atoms with E-state index >= 15 is 0 Å². The van der Waals surface area contributed by atoms with Crippen LogP contribution in [-0.2, 0) is 22.5 Å². The lowest BCUT2D eigenvalue weighted by Crippen LogP contribution is -2.26. The molecule has 0 fully saturated rings. The van der Waals surface area contributed by atoms with E-state index in [1.807, 2.05) is 0 Å². The lowest BCUT2D eigenvalue weighted by Gasteiger charge is -2.10. The van der Waals surface area contributed by atoms with Gasteiger partial charge in [-0.2, -0.15) is 4.68 Å². The molecule has 0 aliphatic carbocycles. The van der Waals surface area contributed by atoms with Gasteiger partial charge in [-0.25, -0.2) is 14.0 Å². The molecule has 1 aromatic heterocycles. The fourth-order valence-electron chi connectivity index (χ4n) is 2.69. The zero-order valence-electron chi connectivity index (χ0n) is 13.6. The first-order chi connectivity index (χ1) is 12.0. The number of rotatable bonds is 5. The van der Waals surface area contributed by atoms with Gasteiger partial charge in [0.1, 0.15) is 17.3 Å². The van der Waals surface area contributed by atoms with Crippen LogP contribution in [0.15, 0.2) is 16.9 Å². The highest BCUT2D eigenvalue weighted by atomic mass is 35.5. The molecule has 1 aromatic carbocycles. The predicted molar refractivity (Wildman–Crippen MR) is 87.9 cm³/mol. The minimum Gasteiger partial charge on any atom is -0.480 e. The first-order valence-corrected chi connectivity index (χ1v) is 8.35. The van der Waals surface area contributed by atoms with Gasteiger partial charge < -0.3 is 9.47 Å². The Bertz CT molecular complexity index is 862. The second-order valence-corrected chi connectivity index (χ2v) is 5.95. The molecule has 134 valence electrons. The number of nitrogens with zero attached hydrogens (tertiary/aromatic N) is 3. The van der Waals surface area contributed by atoms with Crippen molar-refractivity contribution in [3.8, 4) is 11.4 Å². The number of hydrogen-bond acceptors (Lipinski definition) is 5. The monoisotopic (exact) mass is 369 g/mol. The Morgan fingerprint density at radius 2 is 2.20 bits per heavy atom. The normalized spacial score (nSPS) is 13.4. The Morgan fingerprint density at radius 1 is 1.40 bits per heavy atom. The molecule has 0 amide bonds. The minimum absolute atomic E-state index is 0.0115. The topological polar surface area (TPSA) is 75.3 Å². The maximum absolute atomic E-state index is 14.3. The van der Waals surface area contributed by atoms with E-state index in [4.69, 9.17) is 21.1 Å². The van der Waals surface area contributed by atoms with Gasteiger partial charge in [0.2, 0.25) is 0 Å². The van der Waals surface area contributed by atoms with Crippen molar-refractivity contribution in [2.75, 3.05) is 13.2 Å². The number of benzene rings is 1. The van der Waals surface area contributed by atoms with Crippen LogP contribution in [0, 0.1) is 5.82 Å². The van der Waals surface area contributed by atoms with E-state index in [0.29, 0.717) is 18.8 Å². The summed E-state index contributed by atoms with van der Waals surface area (Å²) in [7, 11) is 0. The molecule has 1 aliphatic heterocycles. The Labute approximate surface area is 147 Å². The van der Waals surface area contributed by atoms with E-state index < -0.39 is 17.5 Å². The van der Waals surface area contributed by atoms with Crippen molar-refractivity contribution < 1.29 is 18.7 Å². The van der Waals surface area contributed by atoms with Crippen LogP contribution in [0.4, 0.5) is 4.39 Å². The average Bonchev–Trinajstić information content (AvgIpc) is 2.91. The summed E-state index contributed by atoms with van der Waals surface area (Å²) in [6, 6.07) is 2.29. The van der Waals surface area contributed by atoms with Crippen molar-refractivity contribution in [2.45, 2.75) is 32.7 Å². The van der Waals surface area contributed by atoms with E-state index in [1.165, 1.54) is 10.6 Å². The quantitative estimate of drug-likeness (QED) is 0.754. The van der Waals surface area contributed by atoms with Gasteiger partial charge in [0.15, 0.2) is 12.4 Å². The molecular formula is C16H17ClFN3O4. The van der Waals surface area contributed by atoms with Gasteiger partial charge in [-0.15, -0.1) is 5.10 Å². The van der Waals surface area contributed by atoms with E-state index in [1.54, 1.807) is 6.92 Å². The molecule has 2 heterocycles. The number of carbonyl (C=O) groups is 1. The molecule has 0 spiro atoms. The third kappa shape index (κ3) is 3.53. The van der Waals surface area contributed by atoms with E-state index in [0.717, 1.165) is 23.6 Å². The summed E-state index contributed by atoms with van der Waals surface area (Å²) in [5, 5.41) is 4.20. The number of halogens is 2. The molecule has 7 nitrogen and oxygen atoms in total. The molecular weight excluding hydrogens is 353 g/mol. The lowest BCUT2D eigenvalue weighted by molar-refractivity contribution is -0.145. The molecule has 2 aromatic rings. The number of ether oxygens (including phenoxy) is 2. The standard InChI is InChI=1S/C16H17ClFN3O4/c1-2-24-15(22)9-25-13-8-12(11(18)7-10(13)17)21-16(23)20-6-4-3-5-14(20)19-21/h7-8H,2-6,9H2,1H3. The fraction of sp³-hybridized carbons (Fsp3) is 0.438. The van der Waals surface area contributed by atoms with Gasteiger partial charge in [0.05, 0.1) is 11.6 Å². The van der Waals surface area contributed by atoms with Crippen molar-refractivity contribution in [1.29, 1.82) is 0 Å². The molecule has 0 N–H and O–H groups in total. The van der Waals surface area contributed by atoms with Crippen LogP contribution < -0.4 is 10.4 Å². The van der Waals surface area contributed by atoms with E-state index in [2.05, 4.69) is 5.10 Å². The zero-order valence-corrected chi connectivity index (χ0v) is 14.4. The van der Waals surface area contributed by atoms with E-state index in [9.17, 15) is 14.0 Å². The molecule has 0 radical (unpaired) electrons. The first-order valence-electron chi connectivity index (χ1n) is 7.97. The summed E-state index contributed by atoms with van der Waals surface area (Å²) in [5.41, 5.74) is -0.484. The highest BCUT2D eigenvalue weighted by Gasteiger charge is 2.21. The van der Waals surface area contributed by atoms with Crippen molar-refractivity contribution in [1.82, 2.24) is 14.3 Å². The number of hydrogen-bond donors (Lipinski definition) is 0. The molecule has 3 rings (SSSR count). The first kappa shape index (κ1) is 17.5. The Hall–Kier alpha value is -2.35. The van der Waals surface area contributed by atoms with Gasteiger partial charge in [0, 0.05) is 19.0 Å². The molecule has 0 saturated heterocycles. The van der Waals surface area contributed by atoms with Crippen LogP contribution in [0.2, 0.25) is 5.02 Å². The fourth-order valence-corrected chi connectivity index (χ4v) is 2.89. The van der Waals surface area contributed by atoms with Crippen LogP contribution >= 0.6 is 11.6 Å². The highest BCUT2D eigenvalue weighted by Crippen LogP contribution is 2.29. The largest absolute Gasteiger partial charge is 0.480 e. The van der Waals surface area contributed by atoms with Gasteiger partial charge in [0.25, 0.3) is 0 Å². The number of esters is 1. The van der Waals surface area contributed by atoms with Crippen LogP contribution in [-0.4, -0.2) is 33.5 Å². The van der Waals surface area contributed by atoms with E-state index in [-0.39, 0.29) is 29.7 Å². The number of aromatic nitrogens is 3. The smallest absolute Gasteiger partial charge is 0.350 e. The summed E-state index contributed by atoms with van der Waals surface area (Å²) in [6.45, 7) is 2.09. The van der Waals surface area contributed by atoms with Crippen molar-refractivity contribution in [3.63, 3.8) is 0 Å². The third-order valence-corrected chi connectivity index (χ3v) is 4.15. The van der Waals surface area contributed by atoms with Gasteiger partial charge in [-0.1, -0.05) is 11.6 Å². The van der Waals surface area contributed by atoms with Crippen molar-refractivity contribution >= 4 is 17.6 Å². The van der Waals surface area contributed by atoms with Gasteiger partial charge >= 0.3 is 11.7 Å². The summed E-state index contributed by atoms with van der Waals surface area (Å²) in [4.78, 5) is 23.9. The molecule has 0 unspecified atom stereocenters. The summed E-state index contributed by atoms with van der Waals surface area (Å²) in [5.74, 6) is -0.575. The zero-order chi connectivity index (χ0) is 18.0. The Balaban J connectivity index is 1.94. The van der Waals surface area contributed by atoms with Gasteiger partial charge in [-0.05, 0) is 25.8 Å². The summed E-state index contributed by atoms with van der Waals surface area (Å²) < 4.78 is 26.9. The second kappa shape index (κ2) is 7.26. The minimum atomic E-state index is -0.703. The molecule has 25 heavy (non-hydrogen) atoms. The molecule has 0 bridgehead atoms. The number of aryl methyl sites for hydroxylation is 1. The van der Waals surface area contributed by atoms with Crippen LogP contribution in [0.5, 0.6) is 5.75 Å². The average molecular weight is 370 g/mol. The summed E-state index contributed by atoms with van der Waals surface area (Å²) >= 11 is 5.96. The van der Waals surface area contributed by atoms with Crippen molar-refractivity contribution in [3.05, 3.63) is 39.3 Å². The number of fused-ring (bicyclic) bond motifs is 1. The van der Waals surface area contributed by atoms with Crippen LogP contribution in [0.3, 0.4) is 0 Å². The third-order valence-electron chi connectivity index (χ3n) is 3.85. The predicted octanol–water partition coefficient (Wildman–Crippen LogP) is 2.10. The van der Waals surface area contributed by atoms with Crippen LogP contribution in [0.1, 0.15) is 25.6 Å². The van der Waals surface area contributed by atoms with Gasteiger partial charge in [-0.3, -0.25) is 4.57 Å². The Morgan fingerprint density at radius 3 is 2.92 bits per heavy atom. The summed E-state index contributed by atoms with van der Waals surface area (Å²) in [6.07, 6.45) is 2.49. The SMILES string of the molecule is CCOC(=O)COc1cc(-n2nc3n(c2=O)CCCC3)c(F)cc1Cl. The van der Waals surface area contributed by atoms with Crippen molar-refractivity contribution in [2.24, 2.45) is 0 Å². The molecule has 9 heteroatoms. The molecule has 0 saturated carbocycles. The van der Waals surface area contributed by atoms with Crippen LogP contribution in [0.25, 0.3) is 5.69 Å². The maximum atomic E-state index is 14.3. The molecule has 1 aliphatic rings. The number of carbonyl (C=O) groups excluding carboxylic acids is 1. The maximum Gasteiger partial charge on any atom is 0.350 e. The second-order valence-electron chi connectivity index (χ2n) is 5.55. The Kier molecular flexibility index (Phi) is 5.08. The highest BCUT2D eigenvalue weighted by molar-refractivity contribution is 6.32.